The fraction of sp³-hybridized carbons (Fsp3) is 0.500. The predicted molar refractivity (Wildman–Crippen MR) is 149 cm³/mol. The van der Waals surface area contributed by atoms with E-state index >= 15 is 0 Å². The van der Waals surface area contributed by atoms with E-state index in [9.17, 15) is 9.59 Å². The summed E-state index contributed by atoms with van der Waals surface area (Å²) >= 11 is 0. The molecule has 0 unspecified atom stereocenters. The second kappa shape index (κ2) is 11.8. The van der Waals surface area contributed by atoms with Crippen molar-refractivity contribution < 1.29 is 9.53 Å². The van der Waals surface area contributed by atoms with E-state index in [0.717, 1.165) is 18.5 Å². The van der Waals surface area contributed by atoms with Crippen LogP contribution in [0.25, 0.3) is 11.0 Å². The monoisotopic (exact) mass is 492 g/mol. The summed E-state index contributed by atoms with van der Waals surface area (Å²) in [6.45, 7) is 14.1. The van der Waals surface area contributed by atoms with Crippen molar-refractivity contribution in [3.8, 4) is 5.75 Å². The first-order valence-electron chi connectivity index (χ1n) is 13.1. The lowest BCUT2D eigenvalue weighted by molar-refractivity contribution is -0.131. The summed E-state index contributed by atoms with van der Waals surface area (Å²) in [5.41, 5.74) is 2.56. The van der Waals surface area contributed by atoms with E-state index in [4.69, 9.17) is 4.74 Å². The van der Waals surface area contributed by atoms with Crippen molar-refractivity contribution in [1.82, 2.24) is 14.0 Å². The number of rotatable bonds is 11. The van der Waals surface area contributed by atoms with Crippen molar-refractivity contribution in [1.29, 1.82) is 0 Å². The number of benzene rings is 2. The van der Waals surface area contributed by atoms with Gasteiger partial charge in [0.25, 0.3) is 5.56 Å². The Morgan fingerprint density at radius 2 is 1.56 bits per heavy atom. The summed E-state index contributed by atoms with van der Waals surface area (Å²) in [5.74, 6) is 1.51. The molecule has 1 aromatic heterocycles. The first-order chi connectivity index (χ1) is 17.1. The molecule has 0 aliphatic rings. The molecule has 3 rings (SSSR count). The van der Waals surface area contributed by atoms with Gasteiger partial charge in [0.15, 0.2) is 0 Å². The number of para-hydroxylation sites is 1. The van der Waals surface area contributed by atoms with Crippen molar-refractivity contribution in [2.75, 3.05) is 20.2 Å². The highest BCUT2D eigenvalue weighted by Crippen LogP contribution is 2.28. The average molecular weight is 493 g/mol. The van der Waals surface area contributed by atoms with Gasteiger partial charge in [-0.2, -0.15) is 0 Å². The van der Waals surface area contributed by atoms with E-state index in [1.54, 1.807) is 17.7 Å². The van der Waals surface area contributed by atoms with Gasteiger partial charge in [0.05, 0.1) is 31.2 Å². The van der Waals surface area contributed by atoms with Crippen LogP contribution in [0, 0.1) is 11.8 Å². The van der Waals surface area contributed by atoms with Gasteiger partial charge in [0, 0.05) is 12.0 Å². The molecule has 194 valence electrons. The number of fused-ring (bicyclic) bond motifs is 1. The van der Waals surface area contributed by atoms with Gasteiger partial charge in [0.2, 0.25) is 0 Å². The highest BCUT2D eigenvalue weighted by molar-refractivity contribution is 5.89. The molecule has 0 atom stereocenters. The predicted octanol–water partition coefficient (Wildman–Crippen LogP) is 6.15. The van der Waals surface area contributed by atoms with Crippen molar-refractivity contribution in [2.24, 2.45) is 11.8 Å². The van der Waals surface area contributed by atoms with Crippen LogP contribution in [-0.2, 0) is 11.3 Å². The molecule has 0 saturated heterocycles. The molecular formula is C30H42N3O3+. The minimum Gasteiger partial charge on any atom is -0.497 e. The largest absolute Gasteiger partial charge is 0.497 e. The molecular weight excluding hydrogens is 450 g/mol. The van der Waals surface area contributed by atoms with Crippen LogP contribution < -0.4 is 14.8 Å². The zero-order valence-electron chi connectivity index (χ0n) is 23.0. The number of nitrogens with zero attached hydrogens (tertiary/aromatic N) is 3. The standard InChI is InChI=1S/C30H42N3O3/c1-21(2)15-17-33(18-16-22(3)4,24-11-9-8-10-12-24)28(34)20-32-27-19-25(36-7)13-14-26(27)31-29(23(5)6)30(32)35/h8-14,19,21-23H,15-18,20H2,1-7H3/q+1. The number of carbonyl (C=O) groups is 1. The van der Waals surface area contributed by atoms with Crippen LogP contribution in [0.3, 0.4) is 0 Å². The quantitative estimate of drug-likeness (QED) is 0.301. The number of hydrogen-bond acceptors (Lipinski definition) is 4. The SMILES string of the molecule is COc1ccc2nc(C(C)C)c(=O)n(CC(=O)[N+](CCC(C)C)(CCC(C)C)c3ccccc3)c2c1. The lowest BCUT2D eigenvalue weighted by Crippen LogP contribution is -2.58. The highest BCUT2D eigenvalue weighted by atomic mass is 16.5. The summed E-state index contributed by atoms with van der Waals surface area (Å²) in [6, 6.07) is 15.6. The molecule has 6 heteroatoms. The lowest BCUT2D eigenvalue weighted by atomic mass is 10.0. The summed E-state index contributed by atoms with van der Waals surface area (Å²) in [6.07, 6.45) is 1.82. The van der Waals surface area contributed by atoms with Crippen LogP contribution in [0.15, 0.2) is 53.3 Å². The van der Waals surface area contributed by atoms with Gasteiger partial charge in [-0.1, -0.05) is 59.7 Å². The fourth-order valence-electron chi connectivity index (χ4n) is 4.60. The van der Waals surface area contributed by atoms with E-state index in [0.29, 0.717) is 47.4 Å². The molecule has 6 nitrogen and oxygen atoms in total. The zero-order valence-corrected chi connectivity index (χ0v) is 23.0. The van der Waals surface area contributed by atoms with Crippen molar-refractivity contribution in [3.05, 3.63) is 64.6 Å². The molecule has 2 aromatic carbocycles. The number of aromatic nitrogens is 2. The van der Waals surface area contributed by atoms with Gasteiger partial charge < -0.3 is 4.74 Å². The van der Waals surface area contributed by atoms with Crippen LogP contribution in [0.1, 0.15) is 66.0 Å². The maximum absolute atomic E-state index is 14.5. The third-order valence-corrected chi connectivity index (χ3v) is 6.92. The minimum absolute atomic E-state index is 0.0180. The number of amides is 1. The number of carbonyl (C=O) groups excluding carboxylic acids is 1. The molecule has 0 bridgehead atoms. The van der Waals surface area contributed by atoms with E-state index < -0.39 is 0 Å². The number of methoxy groups -OCH3 is 1. The third-order valence-electron chi connectivity index (χ3n) is 6.92. The van der Waals surface area contributed by atoms with Gasteiger partial charge in [-0.15, -0.1) is 0 Å². The van der Waals surface area contributed by atoms with Gasteiger partial charge >= 0.3 is 5.91 Å². The van der Waals surface area contributed by atoms with E-state index in [-0.39, 0.29) is 28.4 Å². The Morgan fingerprint density at radius 1 is 0.944 bits per heavy atom. The van der Waals surface area contributed by atoms with Gasteiger partial charge in [-0.05, 0) is 48.9 Å². The summed E-state index contributed by atoms with van der Waals surface area (Å²) in [4.78, 5) is 32.8. The number of hydrogen-bond donors (Lipinski definition) is 0. The highest BCUT2D eigenvalue weighted by Gasteiger charge is 2.39. The van der Waals surface area contributed by atoms with E-state index in [2.05, 4.69) is 44.8 Å². The Balaban J connectivity index is 2.20. The molecule has 0 aliphatic heterocycles. The second-order valence-electron chi connectivity index (χ2n) is 10.9. The average Bonchev–Trinajstić information content (AvgIpc) is 2.85. The van der Waals surface area contributed by atoms with Crippen molar-refractivity contribution in [3.63, 3.8) is 0 Å². The Hall–Kier alpha value is -2.99. The van der Waals surface area contributed by atoms with Crippen LogP contribution in [0.2, 0.25) is 0 Å². The van der Waals surface area contributed by atoms with Gasteiger partial charge in [0.1, 0.15) is 23.7 Å². The smallest absolute Gasteiger partial charge is 0.338 e. The molecule has 0 N–H and O–H groups in total. The first kappa shape index (κ1) is 27.6. The van der Waals surface area contributed by atoms with Crippen LogP contribution in [0.4, 0.5) is 5.69 Å². The Morgan fingerprint density at radius 3 is 2.08 bits per heavy atom. The van der Waals surface area contributed by atoms with Crippen molar-refractivity contribution in [2.45, 2.75) is 66.8 Å². The van der Waals surface area contributed by atoms with E-state index in [1.165, 1.54) is 0 Å². The molecule has 1 heterocycles. The molecule has 36 heavy (non-hydrogen) atoms. The minimum atomic E-state index is -0.210. The Kier molecular flexibility index (Phi) is 9.07. The normalized spacial score (nSPS) is 12.2. The summed E-state index contributed by atoms with van der Waals surface area (Å²) in [7, 11) is 1.60. The second-order valence-corrected chi connectivity index (χ2v) is 10.9. The molecule has 0 spiro atoms. The lowest BCUT2D eigenvalue weighted by Gasteiger charge is -2.37. The summed E-state index contributed by atoms with van der Waals surface area (Å²) < 4.78 is 7.28. The van der Waals surface area contributed by atoms with Crippen LogP contribution in [0.5, 0.6) is 5.75 Å². The first-order valence-corrected chi connectivity index (χ1v) is 13.1. The molecule has 1 amide bonds. The molecule has 0 fully saturated rings. The third kappa shape index (κ3) is 6.04. The molecule has 0 radical (unpaired) electrons. The molecule has 3 aromatic rings. The van der Waals surface area contributed by atoms with Crippen LogP contribution >= 0.6 is 0 Å². The molecule has 0 saturated carbocycles. The summed E-state index contributed by atoms with van der Waals surface area (Å²) in [5, 5.41) is 0. The Bertz CT molecular complexity index is 1220. The zero-order chi connectivity index (χ0) is 26.5. The van der Waals surface area contributed by atoms with E-state index in [1.807, 2.05) is 44.2 Å². The van der Waals surface area contributed by atoms with Crippen molar-refractivity contribution >= 4 is 22.6 Å². The molecule has 0 aliphatic carbocycles. The maximum Gasteiger partial charge on any atom is 0.338 e. The van der Waals surface area contributed by atoms with Gasteiger partial charge in [-0.3, -0.25) is 9.36 Å². The number of quaternary nitrogens is 1. The fourth-order valence-corrected chi connectivity index (χ4v) is 4.60. The van der Waals surface area contributed by atoms with Crippen LogP contribution in [-0.4, -0.2) is 35.7 Å². The number of ether oxygens (including phenoxy) is 1. The maximum atomic E-state index is 14.5. The topological polar surface area (TPSA) is 61.2 Å². The Labute approximate surface area is 215 Å². The van der Waals surface area contributed by atoms with Gasteiger partial charge in [-0.25, -0.2) is 14.3 Å².